The Morgan fingerprint density at radius 2 is 2.00 bits per heavy atom. The van der Waals surface area contributed by atoms with Gasteiger partial charge in [-0.25, -0.2) is 0 Å². The van der Waals surface area contributed by atoms with Gasteiger partial charge in [-0.05, 0) is 47.0 Å². The molecule has 0 atom stereocenters. The fraction of sp³-hybridized carbons (Fsp3) is 0.429. The van der Waals surface area contributed by atoms with Gasteiger partial charge in [-0.1, -0.05) is 24.4 Å². The lowest BCUT2D eigenvalue weighted by Gasteiger charge is -2.28. The lowest BCUT2D eigenvalue weighted by molar-refractivity contribution is -0.119. The fourth-order valence-electron chi connectivity index (χ4n) is 2.57. The van der Waals surface area contributed by atoms with Crippen LogP contribution in [-0.4, -0.2) is 29.3 Å². The number of nitrogens with two attached hydrogens (primary N) is 1. The van der Waals surface area contributed by atoms with Crippen molar-refractivity contribution in [3.8, 4) is 0 Å². The molecule has 1 aliphatic carbocycles. The van der Waals surface area contributed by atoms with Gasteiger partial charge in [0.1, 0.15) is 0 Å². The molecular formula is C14H16BrClN2O2. The van der Waals surface area contributed by atoms with E-state index in [-0.39, 0.29) is 18.5 Å². The van der Waals surface area contributed by atoms with E-state index in [1.165, 1.54) is 0 Å². The molecule has 0 unspecified atom stereocenters. The summed E-state index contributed by atoms with van der Waals surface area (Å²) >= 11 is 9.23. The van der Waals surface area contributed by atoms with Gasteiger partial charge in [-0.3, -0.25) is 9.59 Å². The monoisotopic (exact) mass is 358 g/mol. The molecule has 108 valence electrons. The highest BCUT2D eigenvalue weighted by Crippen LogP contribution is 2.28. The van der Waals surface area contributed by atoms with E-state index in [2.05, 4.69) is 15.9 Å². The molecule has 1 saturated carbocycles. The van der Waals surface area contributed by atoms with Crippen molar-refractivity contribution in [3.05, 3.63) is 33.3 Å². The highest BCUT2D eigenvalue weighted by Gasteiger charge is 2.29. The summed E-state index contributed by atoms with van der Waals surface area (Å²) in [6.07, 6.45) is 4.00. The lowest BCUT2D eigenvalue weighted by atomic mass is 10.1. The van der Waals surface area contributed by atoms with Crippen LogP contribution in [-0.2, 0) is 4.79 Å². The standard InChI is InChI=1S/C14H16BrClN2O2/c15-12-7-9(16)5-6-11(12)14(20)18(8-13(17)19)10-3-1-2-4-10/h5-7,10H,1-4,8H2,(H2,17,19). The van der Waals surface area contributed by atoms with E-state index in [4.69, 9.17) is 17.3 Å². The molecule has 1 fully saturated rings. The third-order valence-electron chi connectivity index (χ3n) is 3.51. The highest BCUT2D eigenvalue weighted by molar-refractivity contribution is 9.10. The first-order chi connectivity index (χ1) is 9.49. The SMILES string of the molecule is NC(=O)CN(C(=O)c1ccc(Cl)cc1Br)C1CCCC1. The quantitative estimate of drug-likeness (QED) is 0.898. The third kappa shape index (κ3) is 3.52. The van der Waals surface area contributed by atoms with Crippen molar-refractivity contribution >= 4 is 39.3 Å². The number of hydrogen-bond acceptors (Lipinski definition) is 2. The summed E-state index contributed by atoms with van der Waals surface area (Å²) < 4.78 is 0.627. The Hall–Kier alpha value is -1.07. The molecule has 0 bridgehead atoms. The molecule has 1 aromatic rings. The fourth-order valence-corrected chi connectivity index (χ4v) is 3.42. The Kier molecular flexibility index (Phi) is 5.05. The molecule has 0 radical (unpaired) electrons. The summed E-state index contributed by atoms with van der Waals surface area (Å²) in [7, 11) is 0. The second-order valence-corrected chi connectivity index (χ2v) is 6.25. The van der Waals surface area contributed by atoms with E-state index in [0.29, 0.717) is 15.1 Å². The van der Waals surface area contributed by atoms with Crippen LogP contribution in [0.25, 0.3) is 0 Å². The van der Waals surface area contributed by atoms with Crippen LogP contribution in [0.15, 0.2) is 22.7 Å². The van der Waals surface area contributed by atoms with E-state index in [0.717, 1.165) is 25.7 Å². The smallest absolute Gasteiger partial charge is 0.255 e. The van der Waals surface area contributed by atoms with Gasteiger partial charge in [0.25, 0.3) is 5.91 Å². The van der Waals surface area contributed by atoms with Crippen LogP contribution >= 0.6 is 27.5 Å². The maximum atomic E-state index is 12.6. The maximum absolute atomic E-state index is 12.6. The molecule has 0 aliphatic heterocycles. The molecule has 0 heterocycles. The Morgan fingerprint density at radius 1 is 1.35 bits per heavy atom. The molecule has 6 heteroatoms. The largest absolute Gasteiger partial charge is 0.368 e. The summed E-state index contributed by atoms with van der Waals surface area (Å²) in [5.74, 6) is -0.672. The molecule has 20 heavy (non-hydrogen) atoms. The maximum Gasteiger partial charge on any atom is 0.255 e. The zero-order valence-corrected chi connectivity index (χ0v) is 13.3. The Morgan fingerprint density at radius 3 is 2.55 bits per heavy atom. The number of benzene rings is 1. The van der Waals surface area contributed by atoms with Gasteiger partial charge in [0.2, 0.25) is 5.91 Å². The Balaban J connectivity index is 2.27. The van der Waals surface area contributed by atoms with Crippen LogP contribution in [0, 0.1) is 0 Å². The third-order valence-corrected chi connectivity index (χ3v) is 4.41. The molecule has 0 saturated heterocycles. The van der Waals surface area contributed by atoms with E-state index in [1.54, 1.807) is 23.1 Å². The number of halogens is 2. The second-order valence-electron chi connectivity index (χ2n) is 4.96. The van der Waals surface area contributed by atoms with Gasteiger partial charge < -0.3 is 10.6 Å². The average molecular weight is 360 g/mol. The lowest BCUT2D eigenvalue weighted by Crippen LogP contribution is -2.44. The molecule has 2 rings (SSSR count). The summed E-state index contributed by atoms with van der Waals surface area (Å²) in [5.41, 5.74) is 5.78. The number of primary amides is 1. The normalized spacial score (nSPS) is 15.3. The first-order valence-electron chi connectivity index (χ1n) is 6.53. The minimum absolute atomic E-state index is 0.0431. The van der Waals surface area contributed by atoms with Gasteiger partial charge in [-0.2, -0.15) is 0 Å². The van der Waals surface area contributed by atoms with E-state index in [9.17, 15) is 9.59 Å². The van der Waals surface area contributed by atoms with E-state index < -0.39 is 5.91 Å². The molecule has 1 aromatic carbocycles. The van der Waals surface area contributed by atoms with Crippen LogP contribution < -0.4 is 5.73 Å². The molecule has 4 nitrogen and oxygen atoms in total. The second kappa shape index (κ2) is 6.59. The van der Waals surface area contributed by atoms with Gasteiger partial charge in [0, 0.05) is 15.5 Å². The average Bonchev–Trinajstić information content (AvgIpc) is 2.88. The van der Waals surface area contributed by atoms with Crippen molar-refractivity contribution in [3.63, 3.8) is 0 Å². The topological polar surface area (TPSA) is 63.4 Å². The summed E-state index contributed by atoms with van der Waals surface area (Å²) in [5, 5.41) is 0.552. The Bertz CT molecular complexity index is 530. The first kappa shape index (κ1) is 15.3. The van der Waals surface area contributed by atoms with Crippen molar-refractivity contribution in [1.82, 2.24) is 4.90 Å². The molecule has 2 N–H and O–H groups in total. The zero-order valence-electron chi connectivity index (χ0n) is 10.9. The highest BCUT2D eigenvalue weighted by atomic mass is 79.9. The predicted octanol–water partition coefficient (Wildman–Crippen LogP) is 2.97. The van der Waals surface area contributed by atoms with Gasteiger partial charge in [0.15, 0.2) is 0 Å². The molecule has 1 aliphatic rings. The van der Waals surface area contributed by atoms with E-state index in [1.807, 2.05) is 0 Å². The number of amides is 2. The van der Waals surface area contributed by atoms with Crippen LogP contribution in [0.4, 0.5) is 0 Å². The van der Waals surface area contributed by atoms with Crippen LogP contribution in [0.3, 0.4) is 0 Å². The van der Waals surface area contributed by atoms with E-state index >= 15 is 0 Å². The molecular weight excluding hydrogens is 344 g/mol. The number of nitrogens with zero attached hydrogens (tertiary/aromatic N) is 1. The minimum Gasteiger partial charge on any atom is -0.368 e. The number of hydrogen-bond donors (Lipinski definition) is 1. The molecule has 0 spiro atoms. The summed E-state index contributed by atoms with van der Waals surface area (Å²) in [6, 6.07) is 5.10. The van der Waals surface area contributed by atoms with Crippen molar-refractivity contribution < 1.29 is 9.59 Å². The predicted molar refractivity (Wildman–Crippen MR) is 81.6 cm³/mol. The number of carbonyl (C=O) groups is 2. The zero-order chi connectivity index (χ0) is 14.7. The minimum atomic E-state index is -0.490. The summed E-state index contributed by atoms with van der Waals surface area (Å²) in [4.78, 5) is 25.5. The van der Waals surface area contributed by atoms with Crippen molar-refractivity contribution in [2.75, 3.05) is 6.54 Å². The van der Waals surface area contributed by atoms with Crippen LogP contribution in [0.2, 0.25) is 5.02 Å². The summed E-state index contributed by atoms with van der Waals surface area (Å²) in [6.45, 7) is -0.0431. The number of rotatable bonds is 4. The van der Waals surface area contributed by atoms with Crippen LogP contribution in [0.5, 0.6) is 0 Å². The van der Waals surface area contributed by atoms with Gasteiger partial charge >= 0.3 is 0 Å². The van der Waals surface area contributed by atoms with Crippen molar-refractivity contribution in [1.29, 1.82) is 0 Å². The van der Waals surface area contributed by atoms with Crippen molar-refractivity contribution in [2.24, 2.45) is 5.73 Å². The molecule has 0 aromatic heterocycles. The van der Waals surface area contributed by atoms with Crippen LogP contribution in [0.1, 0.15) is 36.0 Å². The first-order valence-corrected chi connectivity index (χ1v) is 7.70. The van der Waals surface area contributed by atoms with Crippen molar-refractivity contribution in [2.45, 2.75) is 31.7 Å². The Labute approximate surface area is 131 Å². The molecule has 2 amide bonds. The van der Waals surface area contributed by atoms with Gasteiger partial charge in [0.05, 0.1) is 12.1 Å². The number of carbonyl (C=O) groups excluding carboxylic acids is 2. The van der Waals surface area contributed by atoms with Gasteiger partial charge in [-0.15, -0.1) is 0 Å².